The third kappa shape index (κ3) is 4.39. The van der Waals surface area contributed by atoms with Crippen LogP contribution in [0, 0.1) is 6.92 Å². The minimum atomic E-state index is -0.479. The minimum absolute atomic E-state index is 0.212. The van der Waals surface area contributed by atoms with Crippen LogP contribution in [-0.4, -0.2) is 11.8 Å². The van der Waals surface area contributed by atoms with E-state index in [-0.39, 0.29) is 5.92 Å². The van der Waals surface area contributed by atoms with Crippen molar-refractivity contribution in [3.05, 3.63) is 58.7 Å². The Morgan fingerprint density at radius 1 is 0.950 bits per heavy atom. The van der Waals surface area contributed by atoms with Crippen LogP contribution >= 0.6 is 0 Å². The highest BCUT2D eigenvalue weighted by atomic mass is 16.1. The fraction of sp³-hybridized carbons (Fsp3) is 0.250. The minimum Gasteiger partial charge on any atom is -0.366 e. The van der Waals surface area contributed by atoms with Gasteiger partial charge >= 0.3 is 0 Å². The van der Waals surface area contributed by atoms with Gasteiger partial charge < -0.3 is 11.5 Å². The molecule has 0 spiro atoms. The molecule has 0 bridgehead atoms. The number of allylic oxidation sites excluding steroid dienone is 2. The van der Waals surface area contributed by atoms with E-state index in [9.17, 15) is 9.59 Å². The number of rotatable bonds is 5. The van der Waals surface area contributed by atoms with Gasteiger partial charge in [-0.25, -0.2) is 0 Å². The summed E-state index contributed by atoms with van der Waals surface area (Å²) in [5.74, 6) is -1.17. The van der Waals surface area contributed by atoms with Crippen LogP contribution in [0.25, 0.3) is 0 Å². The van der Waals surface area contributed by atoms with Gasteiger partial charge in [-0.2, -0.15) is 0 Å². The van der Waals surface area contributed by atoms with Gasteiger partial charge in [-0.1, -0.05) is 42.0 Å². The molecule has 2 amide bonds. The van der Waals surface area contributed by atoms with E-state index in [0.717, 1.165) is 11.1 Å². The summed E-state index contributed by atoms with van der Waals surface area (Å²) in [6.07, 6.45) is 3.47. The van der Waals surface area contributed by atoms with E-state index in [0.29, 0.717) is 11.1 Å². The molecule has 0 unspecified atom stereocenters. The molecule has 4 heteroatoms. The van der Waals surface area contributed by atoms with Crippen molar-refractivity contribution in [2.24, 2.45) is 11.5 Å². The van der Waals surface area contributed by atoms with Crippen LogP contribution in [0.5, 0.6) is 0 Å². The smallest absolute Gasteiger partial charge is 0.244 e. The Balaban J connectivity index is 3.24. The number of nitrogens with two attached hydrogens (primary N) is 2. The van der Waals surface area contributed by atoms with Crippen molar-refractivity contribution in [1.29, 1.82) is 0 Å². The lowest BCUT2D eigenvalue weighted by atomic mass is 9.93. The van der Waals surface area contributed by atoms with E-state index in [1.165, 1.54) is 0 Å². The van der Waals surface area contributed by atoms with Crippen molar-refractivity contribution in [1.82, 2.24) is 0 Å². The Morgan fingerprint density at radius 3 is 1.70 bits per heavy atom. The zero-order valence-electron chi connectivity index (χ0n) is 12.0. The normalized spacial score (nSPS) is 13.9. The highest BCUT2D eigenvalue weighted by molar-refractivity contribution is 5.92. The quantitative estimate of drug-likeness (QED) is 0.802. The third-order valence-corrected chi connectivity index (χ3v) is 3.10. The number of amides is 2. The van der Waals surface area contributed by atoms with Crippen LogP contribution in [0.4, 0.5) is 0 Å². The summed E-state index contributed by atoms with van der Waals surface area (Å²) in [4.78, 5) is 22.4. The average molecular weight is 272 g/mol. The second-order valence-electron chi connectivity index (χ2n) is 4.86. The van der Waals surface area contributed by atoms with E-state index in [1.807, 2.05) is 31.2 Å². The van der Waals surface area contributed by atoms with Crippen molar-refractivity contribution >= 4 is 11.8 Å². The first-order valence-electron chi connectivity index (χ1n) is 6.34. The zero-order valence-corrected chi connectivity index (χ0v) is 12.0. The number of primary amides is 2. The number of hydrogen-bond donors (Lipinski definition) is 2. The third-order valence-electron chi connectivity index (χ3n) is 3.10. The van der Waals surface area contributed by atoms with E-state index < -0.39 is 11.8 Å². The molecule has 0 saturated heterocycles. The van der Waals surface area contributed by atoms with Crippen LogP contribution in [0.2, 0.25) is 0 Å². The maximum absolute atomic E-state index is 11.2. The van der Waals surface area contributed by atoms with Crippen molar-refractivity contribution in [3.63, 3.8) is 0 Å². The Morgan fingerprint density at radius 2 is 1.35 bits per heavy atom. The van der Waals surface area contributed by atoms with Crippen LogP contribution < -0.4 is 11.5 Å². The summed E-state index contributed by atoms with van der Waals surface area (Å²) < 4.78 is 0. The summed E-state index contributed by atoms with van der Waals surface area (Å²) in [6.45, 7) is 5.29. The zero-order chi connectivity index (χ0) is 15.3. The van der Waals surface area contributed by atoms with Gasteiger partial charge in [0.1, 0.15) is 0 Å². The SMILES string of the molecule is CC(=CC(C=C(C)C(N)=O)c1ccc(C)cc1)C(N)=O. The molecule has 0 atom stereocenters. The molecule has 0 aromatic heterocycles. The van der Waals surface area contributed by atoms with E-state index in [4.69, 9.17) is 11.5 Å². The molecule has 1 rings (SSSR count). The lowest BCUT2D eigenvalue weighted by Crippen LogP contribution is -2.14. The van der Waals surface area contributed by atoms with Crippen LogP contribution in [0.3, 0.4) is 0 Å². The molecular formula is C16H20N2O2. The molecule has 0 aliphatic carbocycles. The standard InChI is InChI=1S/C16H20N2O2/c1-10-4-6-13(7-5-10)14(8-11(2)15(17)19)9-12(3)16(18)20/h4-9,14H,1-3H3,(H2,17,19)(H2,18,20). The number of aryl methyl sites for hydroxylation is 1. The van der Waals surface area contributed by atoms with Gasteiger partial charge in [-0.15, -0.1) is 0 Å². The first kappa shape index (κ1) is 15.7. The highest BCUT2D eigenvalue weighted by Crippen LogP contribution is 2.22. The van der Waals surface area contributed by atoms with Crippen LogP contribution in [0.1, 0.15) is 30.9 Å². The Hall–Kier alpha value is -2.36. The number of benzene rings is 1. The van der Waals surface area contributed by atoms with Gasteiger partial charge in [-0.05, 0) is 26.3 Å². The monoisotopic (exact) mass is 272 g/mol. The van der Waals surface area contributed by atoms with Gasteiger partial charge in [0.2, 0.25) is 11.8 Å². The van der Waals surface area contributed by atoms with Gasteiger partial charge in [0.05, 0.1) is 0 Å². The molecule has 4 nitrogen and oxygen atoms in total. The Bertz CT molecular complexity index is 539. The van der Waals surface area contributed by atoms with Crippen molar-refractivity contribution in [2.45, 2.75) is 26.7 Å². The van der Waals surface area contributed by atoms with Gasteiger partial charge in [0, 0.05) is 17.1 Å². The summed E-state index contributed by atoms with van der Waals surface area (Å²) in [5, 5.41) is 0. The number of hydrogen-bond acceptors (Lipinski definition) is 2. The fourth-order valence-electron chi connectivity index (χ4n) is 1.73. The Labute approximate surface area is 119 Å². The number of carbonyl (C=O) groups is 2. The molecule has 1 aromatic rings. The molecule has 1 aromatic carbocycles. The largest absolute Gasteiger partial charge is 0.366 e. The summed E-state index contributed by atoms with van der Waals surface area (Å²) >= 11 is 0. The lowest BCUT2D eigenvalue weighted by molar-refractivity contribution is -0.115. The first-order chi connectivity index (χ1) is 9.31. The molecule has 0 aliphatic heterocycles. The molecule has 0 saturated carbocycles. The molecule has 106 valence electrons. The molecule has 0 fully saturated rings. The average Bonchev–Trinajstić information content (AvgIpc) is 2.38. The summed E-state index contributed by atoms with van der Waals surface area (Å²) in [6, 6.07) is 7.86. The topological polar surface area (TPSA) is 86.2 Å². The van der Waals surface area contributed by atoms with E-state index >= 15 is 0 Å². The van der Waals surface area contributed by atoms with Crippen LogP contribution in [0.15, 0.2) is 47.6 Å². The van der Waals surface area contributed by atoms with Crippen molar-refractivity contribution in [3.8, 4) is 0 Å². The molecule has 0 aliphatic rings. The second kappa shape index (κ2) is 6.70. The maximum atomic E-state index is 11.2. The van der Waals surface area contributed by atoms with Gasteiger partial charge in [0.25, 0.3) is 0 Å². The molecular weight excluding hydrogens is 252 g/mol. The first-order valence-corrected chi connectivity index (χ1v) is 6.34. The summed E-state index contributed by atoms with van der Waals surface area (Å²) in [5.41, 5.74) is 13.5. The second-order valence-corrected chi connectivity index (χ2v) is 4.86. The predicted molar refractivity (Wildman–Crippen MR) is 79.8 cm³/mol. The highest BCUT2D eigenvalue weighted by Gasteiger charge is 2.10. The molecule has 20 heavy (non-hydrogen) atoms. The van der Waals surface area contributed by atoms with Crippen molar-refractivity contribution < 1.29 is 9.59 Å². The van der Waals surface area contributed by atoms with Gasteiger partial charge in [-0.3, -0.25) is 9.59 Å². The molecule has 4 N–H and O–H groups in total. The summed E-state index contributed by atoms with van der Waals surface area (Å²) in [7, 11) is 0. The maximum Gasteiger partial charge on any atom is 0.244 e. The van der Waals surface area contributed by atoms with E-state index in [2.05, 4.69) is 0 Å². The number of carbonyl (C=O) groups excluding carboxylic acids is 2. The molecule has 0 heterocycles. The van der Waals surface area contributed by atoms with Gasteiger partial charge in [0.15, 0.2) is 0 Å². The predicted octanol–water partition coefficient (Wildman–Crippen LogP) is 1.94. The van der Waals surface area contributed by atoms with Crippen molar-refractivity contribution in [2.75, 3.05) is 0 Å². The lowest BCUT2D eigenvalue weighted by Gasteiger charge is -2.11. The molecule has 0 radical (unpaired) electrons. The Kier molecular flexibility index (Phi) is 5.26. The van der Waals surface area contributed by atoms with Crippen LogP contribution in [-0.2, 0) is 9.59 Å². The fourth-order valence-corrected chi connectivity index (χ4v) is 1.73. The van der Waals surface area contributed by atoms with E-state index in [1.54, 1.807) is 26.0 Å².